The monoisotopic (exact) mass is 265 g/mol. The van der Waals surface area contributed by atoms with Crippen LogP contribution in [0.1, 0.15) is 45.6 Å². The number of hydrogen-bond donors (Lipinski definition) is 2. The van der Waals surface area contributed by atoms with Crippen molar-refractivity contribution in [3.63, 3.8) is 0 Å². The average molecular weight is 265 g/mol. The summed E-state index contributed by atoms with van der Waals surface area (Å²) < 4.78 is 5.70. The van der Waals surface area contributed by atoms with Gasteiger partial charge in [-0.1, -0.05) is 32.9 Å². The summed E-state index contributed by atoms with van der Waals surface area (Å²) in [5.41, 5.74) is 0.407. The van der Waals surface area contributed by atoms with Gasteiger partial charge in [0.2, 0.25) is 0 Å². The molecule has 19 heavy (non-hydrogen) atoms. The van der Waals surface area contributed by atoms with Crippen LogP contribution in [-0.4, -0.2) is 30.4 Å². The molecule has 1 aromatic rings. The van der Waals surface area contributed by atoms with Crippen LogP contribution in [0.25, 0.3) is 0 Å². The van der Waals surface area contributed by atoms with Crippen molar-refractivity contribution < 1.29 is 9.84 Å². The normalized spacial score (nSPS) is 14.4. The largest absolute Gasteiger partial charge is 0.491 e. The number of aliphatic hydroxyl groups is 1. The first-order chi connectivity index (χ1) is 8.94. The second kappa shape index (κ2) is 7.51. The van der Waals surface area contributed by atoms with Gasteiger partial charge in [-0.3, -0.25) is 0 Å². The van der Waals surface area contributed by atoms with E-state index in [9.17, 15) is 5.11 Å². The lowest BCUT2D eigenvalue weighted by atomic mass is 10.0. The van der Waals surface area contributed by atoms with Crippen LogP contribution in [0.4, 0.5) is 0 Å². The van der Waals surface area contributed by atoms with Crippen LogP contribution in [0, 0.1) is 0 Å². The van der Waals surface area contributed by atoms with Gasteiger partial charge in [-0.05, 0) is 43.5 Å². The zero-order valence-corrected chi connectivity index (χ0v) is 12.6. The van der Waals surface area contributed by atoms with E-state index in [-0.39, 0.29) is 0 Å². The third kappa shape index (κ3) is 6.08. The van der Waals surface area contributed by atoms with E-state index in [0.717, 1.165) is 18.7 Å². The van der Waals surface area contributed by atoms with Gasteiger partial charge in [0.15, 0.2) is 0 Å². The minimum Gasteiger partial charge on any atom is -0.491 e. The molecule has 1 rings (SSSR count). The first-order valence-corrected chi connectivity index (χ1v) is 7.10. The lowest BCUT2D eigenvalue weighted by Crippen LogP contribution is -2.43. The van der Waals surface area contributed by atoms with Crippen molar-refractivity contribution in [2.45, 2.75) is 45.6 Å². The zero-order valence-electron chi connectivity index (χ0n) is 12.6. The van der Waals surface area contributed by atoms with Crippen LogP contribution in [0.3, 0.4) is 0 Å². The van der Waals surface area contributed by atoms with Gasteiger partial charge >= 0.3 is 0 Å². The molecule has 0 fully saturated rings. The van der Waals surface area contributed by atoms with Crippen LogP contribution in [0.5, 0.6) is 5.75 Å². The lowest BCUT2D eigenvalue weighted by Gasteiger charge is -2.24. The lowest BCUT2D eigenvalue weighted by molar-refractivity contribution is 0.0124. The molecule has 0 saturated heterocycles. The summed E-state index contributed by atoms with van der Waals surface area (Å²) >= 11 is 0. The van der Waals surface area contributed by atoms with E-state index in [1.807, 2.05) is 18.2 Å². The molecule has 0 aliphatic heterocycles. The topological polar surface area (TPSA) is 41.5 Å². The molecule has 0 bridgehead atoms. The molecule has 2 N–H and O–H groups in total. The first kappa shape index (κ1) is 16.0. The van der Waals surface area contributed by atoms with Crippen LogP contribution in [-0.2, 0) is 0 Å². The van der Waals surface area contributed by atoms with E-state index in [0.29, 0.717) is 19.1 Å². The molecule has 1 atom stereocenters. The van der Waals surface area contributed by atoms with Gasteiger partial charge < -0.3 is 15.2 Å². The Hall–Kier alpha value is -1.06. The molecule has 0 amide bonds. The van der Waals surface area contributed by atoms with Gasteiger partial charge in [0.1, 0.15) is 18.0 Å². The van der Waals surface area contributed by atoms with Crippen LogP contribution >= 0.6 is 0 Å². The van der Waals surface area contributed by atoms with E-state index in [1.54, 1.807) is 6.92 Å². The number of hydrogen-bond acceptors (Lipinski definition) is 3. The van der Waals surface area contributed by atoms with E-state index < -0.39 is 5.60 Å². The van der Waals surface area contributed by atoms with Gasteiger partial charge in [0.05, 0.1) is 0 Å². The van der Waals surface area contributed by atoms with Crippen molar-refractivity contribution in [2.75, 3.05) is 19.7 Å². The number of nitrogens with one attached hydrogen (secondary N) is 1. The summed E-state index contributed by atoms with van der Waals surface area (Å²) in [6, 6.07) is 8.06. The van der Waals surface area contributed by atoms with Crippen molar-refractivity contribution in [1.29, 1.82) is 0 Å². The van der Waals surface area contributed by atoms with E-state index in [4.69, 9.17) is 4.74 Å². The highest BCUT2D eigenvalue weighted by molar-refractivity contribution is 5.30. The molecule has 3 heteroatoms. The molecule has 108 valence electrons. The third-order valence-corrected chi connectivity index (χ3v) is 3.01. The molecule has 1 aromatic carbocycles. The quantitative estimate of drug-likeness (QED) is 0.710. The van der Waals surface area contributed by atoms with Crippen molar-refractivity contribution >= 4 is 0 Å². The summed E-state index contributed by atoms with van der Waals surface area (Å²) in [5.74, 6) is 1.30. The van der Waals surface area contributed by atoms with Crippen LogP contribution in [0.2, 0.25) is 0 Å². The Bertz CT molecular complexity index is 375. The van der Waals surface area contributed by atoms with Crippen molar-refractivity contribution in [2.24, 2.45) is 0 Å². The molecule has 0 heterocycles. The predicted molar refractivity (Wildman–Crippen MR) is 79.8 cm³/mol. The van der Waals surface area contributed by atoms with E-state index in [1.165, 1.54) is 5.56 Å². The van der Waals surface area contributed by atoms with E-state index >= 15 is 0 Å². The zero-order chi connectivity index (χ0) is 14.3. The van der Waals surface area contributed by atoms with E-state index in [2.05, 4.69) is 32.2 Å². The second-order valence-corrected chi connectivity index (χ2v) is 5.69. The SMILES string of the molecule is CCCNCC(C)(O)COc1cccc(C(C)C)c1. The molecule has 0 saturated carbocycles. The summed E-state index contributed by atoms with van der Waals surface area (Å²) in [4.78, 5) is 0. The minimum atomic E-state index is -0.844. The van der Waals surface area contributed by atoms with Crippen molar-refractivity contribution in [3.8, 4) is 5.75 Å². The predicted octanol–water partition coefficient (Wildman–Crippen LogP) is 2.94. The Morgan fingerprint density at radius 2 is 2.11 bits per heavy atom. The van der Waals surface area contributed by atoms with Gasteiger partial charge in [-0.2, -0.15) is 0 Å². The standard InChI is InChI=1S/C16H27NO2/c1-5-9-17-11-16(4,18)12-19-15-8-6-7-14(10-15)13(2)3/h6-8,10,13,17-18H,5,9,11-12H2,1-4H3. The maximum Gasteiger partial charge on any atom is 0.119 e. The molecule has 0 radical (unpaired) electrons. The maximum atomic E-state index is 10.2. The van der Waals surface area contributed by atoms with Gasteiger partial charge in [0, 0.05) is 6.54 Å². The fourth-order valence-electron chi connectivity index (χ4n) is 1.79. The molecule has 0 spiro atoms. The number of benzene rings is 1. The first-order valence-electron chi connectivity index (χ1n) is 7.10. The Kier molecular flexibility index (Phi) is 6.32. The second-order valence-electron chi connectivity index (χ2n) is 5.69. The van der Waals surface area contributed by atoms with Gasteiger partial charge in [0.25, 0.3) is 0 Å². The molecule has 0 aliphatic carbocycles. The van der Waals surface area contributed by atoms with Crippen molar-refractivity contribution in [3.05, 3.63) is 29.8 Å². The Morgan fingerprint density at radius 1 is 1.37 bits per heavy atom. The molecule has 0 aromatic heterocycles. The summed E-state index contributed by atoms with van der Waals surface area (Å²) in [6.07, 6.45) is 1.06. The number of rotatable bonds is 8. The Labute approximate surface area is 117 Å². The highest BCUT2D eigenvalue weighted by atomic mass is 16.5. The average Bonchev–Trinajstić information content (AvgIpc) is 2.37. The maximum absolute atomic E-state index is 10.2. The van der Waals surface area contributed by atoms with Gasteiger partial charge in [-0.25, -0.2) is 0 Å². The van der Waals surface area contributed by atoms with Crippen molar-refractivity contribution in [1.82, 2.24) is 5.32 Å². The van der Waals surface area contributed by atoms with Crippen LogP contribution < -0.4 is 10.1 Å². The molecule has 1 unspecified atom stereocenters. The summed E-state index contributed by atoms with van der Waals surface area (Å²) in [6.45, 7) is 9.97. The third-order valence-electron chi connectivity index (χ3n) is 3.01. The van der Waals surface area contributed by atoms with Gasteiger partial charge in [-0.15, -0.1) is 0 Å². The Morgan fingerprint density at radius 3 is 2.74 bits per heavy atom. The highest BCUT2D eigenvalue weighted by Crippen LogP contribution is 2.20. The smallest absolute Gasteiger partial charge is 0.119 e. The summed E-state index contributed by atoms with van der Waals surface area (Å²) in [5, 5.41) is 13.4. The van der Waals surface area contributed by atoms with Crippen LogP contribution in [0.15, 0.2) is 24.3 Å². The minimum absolute atomic E-state index is 0.297. The fraction of sp³-hybridized carbons (Fsp3) is 0.625. The molecular formula is C16H27NO2. The summed E-state index contributed by atoms with van der Waals surface area (Å²) in [7, 11) is 0. The molecule has 3 nitrogen and oxygen atoms in total. The molecule has 0 aliphatic rings. The Balaban J connectivity index is 2.49. The number of ether oxygens (including phenoxy) is 1. The fourth-order valence-corrected chi connectivity index (χ4v) is 1.79. The highest BCUT2D eigenvalue weighted by Gasteiger charge is 2.20. The molecular weight excluding hydrogens is 238 g/mol.